The van der Waals surface area contributed by atoms with Gasteiger partial charge in [0.15, 0.2) is 24.7 Å². The zero-order valence-electron chi connectivity index (χ0n) is 21.1. The summed E-state index contributed by atoms with van der Waals surface area (Å²) in [7, 11) is 0. The first kappa shape index (κ1) is 28.2. The number of aromatic nitrogens is 2. The van der Waals surface area contributed by atoms with E-state index in [0.29, 0.717) is 11.1 Å². The topological polar surface area (TPSA) is 231 Å². The van der Waals surface area contributed by atoms with E-state index in [1.807, 2.05) is 0 Å². The lowest BCUT2D eigenvalue weighted by Crippen LogP contribution is -2.71. The highest BCUT2D eigenvalue weighted by molar-refractivity contribution is 8.00. The number of aliphatic carboxylic acids is 2. The molecule has 0 aromatic carbocycles. The van der Waals surface area contributed by atoms with Crippen molar-refractivity contribution >= 4 is 47.2 Å². The molecule has 0 bridgehead atoms. The van der Waals surface area contributed by atoms with Gasteiger partial charge in [-0.2, -0.15) is 9.89 Å². The maximum Gasteiger partial charge on any atom is 0.352 e. The Kier molecular flexibility index (Phi) is 7.85. The van der Waals surface area contributed by atoms with E-state index in [-0.39, 0.29) is 36.2 Å². The van der Waals surface area contributed by atoms with Gasteiger partial charge in [0.25, 0.3) is 17.8 Å². The number of nitrogens with two attached hydrogens (primary N) is 1. The van der Waals surface area contributed by atoms with Crippen LogP contribution < -0.4 is 15.6 Å². The van der Waals surface area contributed by atoms with E-state index in [9.17, 15) is 34.3 Å². The van der Waals surface area contributed by atoms with Gasteiger partial charge in [-0.15, -0.1) is 11.8 Å². The Bertz CT molecular complexity index is 1450. The lowest BCUT2D eigenvalue weighted by molar-refractivity contribution is -0.689. The Balaban J connectivity index is 1.55. The molecule has 4 rings (SSSR count). The van der Waals surface area contributed by atoms with E-state index in [4.69, 9.17) is 15.0 Å². The van der Waals surface area contributed by atoms with E-state index in [2.05, 4.69) is 20.6 Å². The maximum absolute atomic E-state index is 13.1. The third-order valence-corrected chi connectivity index (χ3v) is 7.28. The molecule has 0 aliphatic carbocycles. The molecule has 210 valence electrons. The van der Waals surface area contributed by atoms with Crippen molar-refractivity contribution in [2.45, 2.75) is 44.0 Å². The van der Waals surface area contributed by atoms with Crippen molar-refractivity contribution in [1.82, 2.24) is 15.2 Å². The molecule has 1 saturated heterocycles. The zero-order chi connectivity index (χ0) is 29.2. The van der Waals surface area contributed by atoms with Gasteiger partial charge in [0.1, 0.15) is 35.6 Å². The number of β-lactam (4-membered cyclic amide) rings is 1. The number of amides is 2. The third kappa shape index (κ3) is 5.63. The van der Waals surface area contributed by atoms with Crippen LogP contribution in [0, 0.1) is 4.91 Å². The molecule has 2 aromatic rings. The molecular formula is C23H24N7O9S+. The number of hydrogen-bond donors (Lipinski definition) is 4. The van der Waals surface area contributed by atoms with Crippen LogP contribution in [-0.2, 0) is 37.1 Å². The fraction of sp³-hybridized carbons (Fsp3) is 0.348. The highest BCUT2D eigenvalue weighted by Crippen LogP contribution is 2.40. The largest absolute Gasteiger partial charge is 0.478 e. The SMILES string of the molecule is CC(C)(ON=C(C(=O)NC1C(=O)N2C(C(=O)O)=C(C[n+]3cccc(CN=O)c3)CS[C@@H]12)c1coc(N)n1)C(=O)O. The minimum atomic E-state index is -1.80. The number of carbonyl (C=O) groups excluding carboxylic acids is 2. The number of nitroso groups, excluding NO2 is 1. The molecule has 40 heavy (non-hydrogen) atoms. The van der Waals surface area contributed by atoms with Crippen LogP contribution in [0.25, 0.3) is 0 Å². The smallest absolute Gasteiger partial charge is 0.352 e. The van der Waals surface area contributed by atoms with Crippen molar-refractivity contribution in [1.29, 1.82) is 0 Å². The number of nitrogens with zero attached hydrogens (tertiary/aromatic N) is 5. The van der Waals surface area contributed by atoms with E-state index in [1.54, 1.807) is 29.1 Å². The molecule has 2 aliphatic heterocycles. The Morgan fingerprint density at radius 3 is 2.75 bits per heavy atom. The van der Waals surface area contributed by atoms with Crippen LogP contribution in [0.1, 0.15) is 25.1 Å². The highest BCUT2D eigenvalue weighted by atomic mass is 32.2. The van der Waals surface area contributed by atoms with E-state index in [0.717, 1.165) is 11.2 Å². The minimum Gasteiger partial charge on any atom is -0.478 e. The summed E-state index contributed by atoms with van der Waals surface area (Å²) in [5, 5.41) is 27.5. The number of carbonyl (C=O) groups is 4. The summed E-state index contributed by atoms with van der Waals surface area (Å²) in [4.78, 5) is 70.4. The predicted molar refractivity (Wildman–Crippen MR) is 136 cm³/mol. The van der Waals surface area contributed by atoms with Crippen molar-refractivity contribution in [2.24, 2.45) is 10.3 Å². The molecule has 2 aromatic heterocycles. The summed E-state index contributed by atoms with van der Waals surface area (Å²) in [6.45, 7) is 2.53. The predicted octanol–water partition coefficient (Wildman–Crippen LogP) is -0.167. The molecule has 0 radical (unpaired) electrons. The summed E-state index contributed by atoms with van der Waals surface area (Å²) < 4.78 is 6.60. The first-order valence-electron chi connectivity index (χ1n) is 11.6. The number of carboxylic acids is 2. The number of pyridine rings is 1. The number of fused-ring (bicyclic) bond motifs is 1. The number of rotatable bonds is 11. The van der Waals surface area contributed by atoms with Gasteiger partial charge in [0.2, 0.25) is 5.60 Å². The third-order valence-electron chi connectivity index (χ3n) is 5.94. The van der Waals surface area contributed by atoms with Crippen molar-refractivity contribution in [3.63, 3.8) is 0 Å². The van der Waals surface area contributed by atoms with E-state index >= 15 is 0 Å². The Labute approximate surface area is 229 Å². The number of hydrogen-bond acceptors (Lipinski definition) is 12. The zero-order valence-corrected chi connectivity index (χ0v) is 22.0. The van der Waals surface area contributed by atoms with Crippen LogP contribution in [0.3, 0.4) is 0 Å². The lowest BCUT2D eigenvalue weighted by atomic mass is 10.0. The molecule has 0 spiro atoms. The number of anilines is 1. The molecule has 5 N–H and O–H groups in total. The Morgan fingerprint density at radius 2 is 2.12 bits per heavy atom. The molecule has 2 amide bonds. The van der Waals surface area contributed by atoms with Crippen LogP contribution in [-0.4, -0.2) is 72.3 Å². The molecule has 0 saturated carbocycles. The average Bonchev–Trinajstić information content (AvgIpc) is 3.32. The summed E-state index contributed by atoms with van der Waals surface area (Å²) >= 11 is 1.25. The van der Waals surface area contributed by atoms with E-state index in [1.165, 1.54) is 25.6 Å². The summed E-state index contributed by atoms with van der Waals surface area (Å²) in [6, 6.07) is 1.99. The van der Waals surface area contributed by atoms with E-state index < -0.39 is 46.5 Å². The van der Waals surface area contributed by atoms with Crippen LogP contribution in [0.15, 0.2) is 56.8 Å². The van der Waals surface area contributed by atoms with Gasteiger partial charge in [0, 0.05) is 23.0 Å². The van der Waals surface area contributed by atoms with Gasteiger partial charge in [0.05, 0.1) is 0 Å². The maximum atomic E-state index is 13.1. The molecule has 17 heteroatoms. The van der Waals surface area contributed by atoms with Gasteiger partial charge in [-0.1, -0.05) is 10.3 Å². The summed E-state index contributed by atoms with van der Waals surface area (Å²) in [5.74, 6) is -4.05. The van der Waals surface area contributed by atoms with Crippen LogP contribution in [0.2, 0.25) is 0 Å². The van der Waals surface area contributed by atoms with Crippen LogP contribution >= 0.6 is 11.8 Å². The second kappa shape index (κ2) is 11.1. The highest BCUT2D eigenvalue weighted by Gasteiger charge is 2.55. The molecular weight excluding hydrogens is 550 g/mol. The second-order valence-corrected chi connectivity index (χ2v) is 10.3. The summed E-state index contributed by atoms with van der Waals surface area (Å²) in [6.07, 6.45) is 4.37. The first-order chi connectivity index (χ1) is 18.9. The number of thioether (sulfide) groups is 1. The van der Waals surface area contributed by atoms with Gasteiger partial charge < -0.3 is 30.5 Å². The fourth-order valence-corrected chi connectivity index (χ4v) is 5.21. The van der Waals surface area contributed by atoms with Gasteiger partial charge >= 0.3 is 11.9 Å². The van der Waals surface area contributed by atoms with Crippen molar-refractivity contribution in [3.8, 4) is 0 Å². The number of carboxylic acid groups (broad SMARTS) is 2. The number of nitrogen functional groups attached to an aromatic ring is 1. The lowest BCUT2D eigenvalue weighted by Gasteiger charge is -2.49. The Hall–Kier alpha value is -4.80. The second-order valence-electron chi connectivity index (χ2n) is 9.21. The molecule has 16 nitrogen and oxygen atoms in total. The molecule has 4 heterocycles. The molecule has 1 fully saturated rings. The Morgan fingerprint density at radius 1 is 1.38 bits per heavy atom. The van der Waals surface area contributed by atoms with Crippen molar-refractivity contribution in [2.75, 3.05) is 11.5 Å². The number of oxazole rings is 1. The summed E-state index contributed by atoms with van der Waals surface area (Å²) in [5.41, 5.74) is 3.90. The van der Waals surface area contributed by atoms with Gasteiger partial charge in [-0.3, -0.25) is 14.5 Å². The number of nitrogens with one attached hydrogen (secondary N) is 1. The number of oxime groups is 1. The van der Waals surface area contributed by atoms with Crippen LogP contribution in [0.5, 0.6) is 0 Å². The average molecular weight is 575 g/mol. The minimum absolute atomic E-state index is 0.0421. The van der Waals surface area contributed by atoms with Gasteiger partial charge in [-0.05, 0) is 19.9 Å². The van der Waals surface area contributed by atoms with Crippen LogP contribution in [0.4, 0.5) is 6.01 Å². The molecule has 1 unspecified atom stereocenters. The molecule has 2 aliphatic rings. The molecule has 2 atom stereocenters. The first-order valence-corrected chi connectivity index (χ1v) is 12.7. The van der Waals surface area contributed by atoms with Crippen molar-refractivity contribution in [3.05, 3.63) is 58.2 Å². The monoisotopic (exact) mass is 574 g/mol. The quantitative estimate of drug-likeness (QED) is 0.0901. The standard InChI is InChI=1S/C23H23N7O9S/c1-23(2,21(35)36)39-28-14(13-9-38-22(24)26-13)17(31)27-15-18(32)30-16(20(33)34)12(10-40-19(15)30)8-29-5-3-4-11(7-29)6-25-37/h3-5,7,9,15,19H,6,8,10H2,1-2H3,(H4-,24,26,27,31,33,34,35,36)/p+1/t15?,19-/m0/s1. The van der Waals surface area contributed by atoms with Gasteiger partial charge in [-0.25, -0.2) is 14.2 Å². The fourth-order valence-electron chi connectivity index (χ4n) is 3.88. The van der Waals surface area contributed by atoms with Crippen molar-refractivity contribution < 1.29 is 43.2 Å². The normalized spacial score (nSPS) is 19.0.